The highest BCUT2D eigenvalue weighted by Crippen LogP contribution is 2.29. The minimum absolute atomic E-state index is 0.258. The van der Waals surface area contributed by atoms with Gasteiger partial charge in [-0.2, -0.15) is 0 Å². The second-order valence-corrected chi connectivity index (χ2v) is 7.00. The molecule has 1 unspecified atom stereocenters. The van der Waals surface area contributed by atoms with Crippen LogP contribution in [0.15, 0.2) is 36.5 Å². The number of aromatic nitrogens is 1. The Balaban J connectivity index is 0.000000890. The number of amides is 1. The van der Waals surface area contributed by atoms with Crippen molar-refractivity contribution < 1.29 is 23.5 Å². The molecule has 1 amide bonds. The van der Waals surface area contributed by atoms with Crippen molar-refractivity contribution in [1.82, 2.24) is 15.6 Å². The molecule has 178 valence electrons. The number of rotatable bonds is 10. The molecule has 1 aliphatic rings. The van der Waals surface area contributed by atoms with Gasteiger partial charge in [-0.25, -0.2) is 14.2 Å². The predicted octanol–water partition coefficient (Wildman–Crippen LogP) is 1.85. The molecule has 0 saturated carbocycles. The molecule has 3 N–H and O–H groups in total. The van der Waals surface area contributed by atoms with E-state index in [1.54, 1.807) is 42.4 Å². The molecule has 1 saturated heterocycles. The van der Waals surface area contributed by atoms with Gasteiger partial charge in [-0.3, -0.25) is 15.1 Å². The summed E-state index contributed by atoms with van der Waals surface area (Å²) in [4.78, 5) is 28.5. The summed E-state index contributed by atoms with van der Waals surface area (Å²) in [5, 5.41) is 13.5. The Kier molecular flexibility index (Phi) is 10.2. The van der Waals surface area contributed by atoms with Crippen molar-refractivity contribution in [3.8, 4) is 11.1 Å². The summed E-state index contributed by atoms with van der Waals surface area (Å²) in [7, 11) is 4.94. The van der Waals surface area contributed by atoms with Crippen LogP contribution in [0.2, 0.25) is 0 Å². The summed E-state index contributed by atoms with van der Waals surface area (Å²) in [5.74, 6) is 0.174. The van der Waals surface area contributed by atoms with E-state index in [0.29, 0.717) is 55.3 Å². The van der Waals surface area contributed by atoms with Crippen LogP contribution in [0.3, 0.4) is 0 Å². The molecule has 1 atom stereocenters. The molecule has 0 bridgehead atoms. The lowest BCUT2D eigenvalue weighted by Crippen LogP contribution is -2.29. The Morgan fingerprint density at radius 3 is 2.64 bits per heavy atom. The van der Waals surface area contributed by atoms with Gasteiger partial charge in [-0.1, -0.05) is 0 Å². The SMILES string of the molecule is CNCCN(C=N)c1ccc(-c2ccc(N3CC(CNC)OC3=O)cc2F)cn1.COC=O. The molecule has 0 aliphatic carbocycles. The van der Waals surface area contributed by atoms with E-state index in [2.05, 4.69) is 20.4 Å². The lowest BCUT2D eigenvalue weighted by molar-refractivity contribution is -0.126. The molecule has 1 aromatic heterocycles. The number of halogens is 1. The van der Waals surface area contributed by atoms with E-state index < -0.39 is 11.9 Å². The highest BCUT2D eigenvalue weighted by Gasteiger charge is 2.32. The smallest absolute Gasteiger partial charge is 0.414 e. The number of methoxy groups -OCH3 is 1. The largest absolute Gasteiger partial charge is 0.471 e. The number of cyclic esters (lactones) is 1. The van der Waals surface area contributed by atoms with Crippen LogP contribution in [0.4, 0.5) is 20.7 Å². The number of carbonyl (C=O) groups is 2. The van der Waals surface area contributed by atoms with Crippen LogP contribution in [-0.2, 0) is 14.3 Å². The van der Waals surface area contributed by atoms with Gasteiger partial charge in [-0.15, -0.1) is 0 Å². The van der Waals surface area contributed by atoms with Gasteiger partial charge in [0.05, 0.1) is 25.7 Å². The summed E-state index contributed by atoms with van der Waals surface area (Å²) < 4.78 is 23.9. The molecule has 1 aromatic carbocycles. The van der Waals surface area contributed by atoms with Gasteiger partial charge in [0.1, 0.15) is 17.7 Å². The van der Waals surface area contributed by atoms with Crippen molar-refractivity contribution >= 4 is 30.4 Å². The maximum absolute atomic E-state index is 14.8. The summed E-state index contributed by atoms with van der Waals surface area (Å²) in [6.45, 7) is 2.61. The van der Waals surface area contributed by atoms with Gasteiger partial charge in [-0.05, 0) is 44.4 Å². The summed E-state index contributed by atoms with van der Waals surface area (Å²) in [6.07, 6.45) is 2.06. The van der Waals surface area contributed by atoms with Crippen molar-refractivity contribution in [2.24, 2.45) is 0 Å². The van der Waals surface area contributed by atoms with Crippen LogP contribution < -0.4 is 20.4 Å². The first kappa shape index (κ1) is 25.7. The van der Waals surface area contributed by atoms with Gasteiger partial charge >= 0.3 is 6.09 Å². The van der Waals surface area contributed by atoms with E-state index in [9.17, 15) is 9.18 Å². The number of nitrogens with one attached hydrogen (secondary N) is 3. The fraction of sp³-hybridized carbons (Fsp3) is 0.364. The molecule has 1 aliphatic heterocycles. The van der Waals surface area contributed by atoms with E-state index in [1.807, 2.05) is 7.05 Å². The molecular weight excluding hydrogens is 431 g/mol. The molecule has 10 nitrogen and oxygen atoms in total. The van der Waals surface area contributed by atoms with Crippen molar-refractivity contribution in [2.45, 2.75) is 6.10 Å². The van der Waals surface area contributed by atoms with Crippen LogP contribution in [0.1, 0.15) is 0 Å². The molecule has 2 aromatic rings. The van der Waals surface area contributed by atoms with Crippen LogP contribution >= 0.6 is 0 Å². The van der Waals surface area contributed by atoms with Gasteiger partial charge in [0.25, 0.3) is 6.47 Å². The number of anilines is 2. The molecular formula is C22H29FN6O4. The quantitative estimate of drug-likeness (QED) is 0.279. The molecule has 11 heteroatoms. The Bertz CT molecular complexity index is 928. The molecule has 0 radical (unpaired) electrons. The number of pyridine rings is 1. The maximum Gasteiger partial charge on any atom is 0.414 e. The molecule has 1 fully saturated rings. The van der Waals surface area contributed by atoms with Gasteiger partial charge in [0, 0.05) is 37.0 Å². The number of ether oxygens (including phenoxy) is 2. The summed E-state index contributed by atoms with van der Waals surface area (Å²) >= 11 is 0. The monoisotopic (exact) mass is 460 g/mol. The average molecular weight is 461 g/mol. The molecule has 0 spiro atoms. The van der Waals surface area contributed by atoms with Crippen LogP contribution in [0, 0.1) is 11.2 Å². The highest BCUT2D eigenvalue weighted by molar-refractivity contribution is 5.90. The third kappa shape index (κ3) is 6.96. The zero-order valence-corrected chi connectivity index (χ0v) is 18.9. The number of carbonyl (C=O) groups excluding carboxylic acids is 2. The minimum Gasteiger partial charge on any atom is -0.471 e. The zero-order valence-electron chi connectivity index (χ0n) is 18.9. The molecule has 33 heavy (non-hydrogen) atoms. The van der Waals surface area contributed by atoms with Gasteiger partial charge < -0.3 is 25.0 Å². The molecule has 3 rings (SSSR count). The lowest BCUT2D eigenvalue weighted by atomic mass is 10.1. The number of likely N-dealkylation sites (N-methyl/N-ethyl adjacent to an activating group) is 2. The van der Waals surface area contributed by atoms with E-state index >= 15 is 0 Å². The maximum atomic E-state index is 14.8. The number of hydrogen-bond acceptors (Lipinski definition) is 8. The third-order valence-corrected chi connectivity index (χ3v) is 4.78. The number of nitrogens with zero attached hydrogens (tertiary/aromatic N) is 3. The van der Waals surface area contributed by atoms with Gasteiger partial charge in [0.2, 0.25) is 0 Å². The first-order valence-corrected chi connectivity index (χ1v) is 10.3. The van der Waals surface area contributed by atoms with Gasteiger partial charge in [0.15, 0.2) is 0 Å². The van der Waals surface area contributed by atoms with E-state index in [-0.39, 0.29) is 6.10 Å². The summed E-state index contributed by atoms with van der Waals surface area (Å²) in [6, 6.07) is 8.19. The first-order valence-electron chi connectivity index (χ1n) is 10.3. The van der Waals surface area contributed by atoms with Crippen molar-refractivity contribution in [3.63, 3.8) is 0 Å². The Hall–Kier alpha value is -3.57. The highest BCUT2D eigenvalue weighted by atomic mass is 19.1. The standard InChI is InChI=1S/C20H25FN6O2.C2H4O2/c1-23-7-8-26(13-22)19-6-3-14(10-25-19)17-5-4-15(9-18(17)21)27-12-16(11-24-2)29-20(27)28;1-4-2-3/h3-6,9-10,13,16,22-24H,7-8,11-12H2,1-2H3;2H,1H3. The van der Waals surface area contributed by atoms with Crippen LogP contribution in [-0.4, -0.2) is 77.4 Å². The summed E-state index contributed by atoms with van der Waals surface area (Å²) in [5.41, 5.74) is 1.47. The minimum atomic E-state index is -0.475. The lowest BCUT2D eigenvalue weighted by Gasteiger charge is -2.18. The second-order valence-electron chi connectivity index (χ2n) is 7.00. The number of hydrogen-bond donors (Lipinski definition) is 3. The first-order chi connectivity index (χ1) is 16.0. The zero-order chi connectivity index (χ0) is 24.2. The van der Waals surface area contributed by atoms with Crippen LogP contribution in [0.25, 0.3) is 11.1 Å². The van der Waals surface area contributed by atoms with E-state index in [4.69, 9.17) is 14.9 Å². The predicted molar refractivity (Wildman–Crippen MR) is 124 cm³/mol. The van der Waals surface area contributed by atoms with Crippen LogP contribution in [0.5, 0.6) is 0 Å². The van der Waals surface area contributed by atoms with E-state index in [1.165, 1.54) is 24.4 Å². The third-order valence-electron chi connectivity index (χ3n) is 4.78. The Morgan fingerprint density at radius 1 is 1.33 bits per heavy atom. The fourth-order valence-corrected chi connectivity index (χ4v) is 3.17. The second kappa shape index (κ2) is 13.1. The van der Waals surface area contributed by atoms with E-state index in [0.717, 1.165) is 0 Å². The molecule has 2 heterocycles. The topological polar surface area (TPSA) is 120 Å². The van der Waals surface area contributed by atoms with Crippen molar-refractivity contribution in [1.29, 1.82) is 5.41 Å². The van der Waals surface area contributed by atoms with Crippen molar-refractivity contribution in [3.05, 3.63) is 42.3 Å². The average Bonchev–Trinajstić information content (AvgIpc) is 3.20. The van der Waals surface area contributed by atoms with Crippen molar-refractivity contribution in [2.75, 3.05) is 57.2 Å². The normalized spacial score (nSPS) is 14.7. The fourth-order valence-electron chi connectivity index (χ4n) is 3.17. The Labute approximate surface area is 192 Å². The number of benzene rings is 1. The Morgan fingerprint density at radius 2 is 2.09 bits per heavy atom.